The number of methoxy groups -OCH3 is 1. The molecule has 2 aromatic heterocycles. The number of hydrogen-bond donors (Lipinski definition) is 3. The fourth-order valence-electron chi connectivity index (χ4n) is 4.94. The molecule has 0 aliphatic carbocycles. The third kappa shape index (κ3) is 9.22. The van der Waals surface area contributed by atoms with Crippen LogP contribution in [0, 0.1) is 0 Å². The molecule has 1 saturated heterocycles. The second-order valence-corrected chi connectivity index (χ2v) is 16.0. The summed E-state index contributed by atoms with van der Waals surface area (Å²) in [6.07, 6.45) is 1.39. The molecular formula is C31H37N5O7S3. The number of nitrogens with zero attached hydrogens (tertiary/aromatic N) is 2. The van der Waals surface area contributed by atoms with Crippen molar-refractivity contribution in [2.45, 2.75) is 16.0 Å². The molecule has 0 saturated carbocycles. The van der Waals surface area contributed by atoms with Gasteiger partial charge in [-0.15, -0.1) is 0 Å². The number of hydrogen-bond acceptors (Lipinski definition) is 10. The summed E-state index contributed by atoms with van der Waals surface area (Å²) in [5.41, 5.74) is 2.02. The predicted molar refractivity (Wildman–Crippen MR) is 180 cm³/mol. The predicted octanol–water partition coefficient (Wildman–Crippen LogP) is 3.15. The number of sulfone groups is 1. The van der Waals surface area contributed by atoms with Crippen LogP contribution < -0.4 is 14.8 Å². The van der Waals surface area contributed by atoms with Crippen LogP contribution >= 0.6 is 11.8 Å². The quantitative estimate of drug-likeness (QED) is 0.159. The lowest BCUT2D eigenvalue weighted by molar-refractivity contribution is 0.0948. The van der Waals surface area contributed by atoms with E-state index in [4.69, 9.17) is 9.47 Å². The first-order chi connectivity index (χ1) is 22.1. The lowest BCUT2D eigenvalue weighted by atomic mass is 10.2. The zero-order valence-corrected chi connectivity index (χ0v) is 27.8. The van der Waals surface area contributed by atoms with E-state index in [1.165, 1.54) is 12.3 Å². The molecule has 0 bridgehead atoms. The van der Waals surface area contributed by atoms with Gasteiger partial charge >= 0.3 is 0 Å². The summed E-state index contributed by atoms with van der Waals surface area (Å²) >= 11 is 1.70. The minimum atomic E-state index is -4.04. The molecule has 15 heteroatoms. The summed E-state index contributed by atoms with van der Waals surface area (Å²) in [6, 6.07) is 19.5. The lowest BCUT2D eigenvalue weighted by Crippen LogP contribution is -2.45. The fourth-order valence-corrected chi connectivity index (χ4v) is 8.36. The van der Waals surface area contributed by atoms with Crippen molar-refractivity contribution in [1.29, 1.82) is 0 Å². The molecule has 0 radical (unpaired) electrons. The van der Waals surface area contributed by atoms with E-state index >= 15 is 0 Å². The van der Waals surface area contributed by atoms with Crippen molar-refractivity contribution in [2.24, 2.45) is 0 Å². The topological polar surface area (TPSA) is 160 Å². The van der Waals surface area contributed by atoms with Crippen molar-refractivity contribution >= 4 is 54.1 Å². The average Bonchev–Trinajstić information content (AvgIpc) is 3.49. The molecular weight excluding hydrogens is 651 g/mol. The van der Waals surface area contributed by atoms with Gasteiger partial charge in [-0.25, -0.2) is 13.4 Å². The van der Waals surface area contributed by atoms with Gasteiger partial charge in [-0.2, -0.15) is 20.2 Å². The molecule has 12 nitrogen and oxygen atoms in total. The molecule has 1 aliphatic rings. The first kappa shape index (κ1) is 33.7. The number of fused-ring (bicyclic) bond motifs is 1. The Balaban J connectivity index is 1.34. The normalized spacial score (nSPS) is 15.8. The molecule has 46 heavy (non-hydrogen) atoms. The number of nitrogens with one attached hydrogen (secondary N) is 3. The number of pyridine rings is 1. The Morgan fingerprint density at radius 2 is 1.83 bits per heavy atom. The van der Waals surface area contributed by atoms with Crippen LogP contribution in [0.5, 0.6) is 5.75 Å². The van der Waals surface area contributed by atoms with Crippen molar-refractivity contribution < 1.29 is 31.1 Å². The molecule has 246 valence electrons. The number of aromatic amines is 1. The Labute approximate surface area is 273 Å². The van der Waals surface area contributed by atoms with Crippen LogP contribution in [0.15, 0.2) is 78.0 Å². The molecule has 2 aromatic carbocycles. The fraction of sp³-hybridized carbons (Fsp3) is 0.355. The first-order valence-electron chi connectivity index (χ1n) is 14.7. The van der Waals surface area contributed by atoms with Crippen LogP contribution in [0.2, 0.25) is 0 Å². The Morgan fingerprint density at radius 1 is 1.07 bits per heavy atom. The number of anilines is 1. The summed E-state index contributed by atoms with van der Waals surface area (Å²) in [5.74, 6) is 1.05. The van der Waals surface area contributed by atoms with Crippen LogP contribution in [0.4, 0.5) is 5.69 Å². The number of carbonyl (C=O) groups is 1. The van der Waals surface area contributed by atoms with Crippen molar-refractivity contribution in [2.75, 3.05) is 62.7 Å². The number of rotatable bonds is 15. The van der Waals surface area contributed by atoms with Gasteiger partial charge in [0.1, 0.15) is 18.1 Å². The highest BCUT2D eigenvalue weighted by molar-refractivity contribution is 7.99. The van der Waals surface area contributed by atoms with Gasteiger partial charge in [-0.05, 0) is 29.8 Å². The van der Waals surface area contributed by atoms with E-state index in [0.29, 0.717) is 49.4 Å². The molecule has 1 fully saturated rings. The SMILES string of the molecule is COCCOc1cc(NS(=O)(=O)c2ccccn2)c2[nH]c(C(=O)NCC(CN3CCS(=O)(=O)CC3)SCc3ccccc3)cc2c1. The molecule has 4 aromatic rings. The third-order valence-electron chi connectivity index (χ3n) is 7.38. The standard InChI is InChI=1S/C31H37N5O7S3/c1-42-13-14-43-25-17-24-18-28(34-30(24)27(19-25)35-46(40,41)29-9-5-6-10-32-29)31(37)33-20-26(44-22-23-7-3-2-4-8-23)21-36-11-15-45(38,39)16-12-36/h2-10,17-19,26,34-35H,11-16,20-22H2,1H3,(H,33,37). The number of benzene rings is 2. The zero-order chi connectivity index (χ0) is 32.6. The smallest absolute Gasteiger partial charge is 0.279 e. The summed E-state index contributed by atoms with van der Waals surface area (Å²) in [7, 11) is -5.49. The van der Waals surface area contributed by atoms with Crippen LogP contribution in [-0.4, -0.2) is 101 Å². The van der Waals surface area contributed by atoms with Gasteiger partial charge in [0.05, 0.1) is 29.3 Å². The average molecular weight is 688 g/mol. The van der Waals surface area contributed by atoms with Crippen LogP contribution in [0.3, 0.4) is 0 Å². The maximum absolute atomic E-state index is 13.4. The Bertz CT molecular complexity index is 1820. The van der Waals surface area contributed by atoms with Crippen molar-refractivity contribution in [1.82, 2.24) is 20.2 Å². The second kappa shape index (κ2) is 15.3. The van der Waals surface area contributed by atoms with Gasteiger partial charge in [-0.3, -0.25) is 9.52 Å². The molecule has 3 heterocycles. The number of sulfonamides is 1. The molecule has 5 rings (SSSR count). The Kier molecular flexibility index (Phi) is 11.2. The molecule has 3 N–H and O–H groups in total. The summed E-state index contributed by atoms with van der Waals surface area (Å²) in [5, 5.41) is 3.44. The molecule has 1 unspecified atom stereocenters. The van der Waals surface area contributed by atoms with E-state index in [-0.39, 0.29) is 45.7 Å². The second-order valence-electron chi connectivity index (χ2n) is 10.8. The van der Waals surface area contributed by atoms with Crippen LogP contribution in [0.25, 0.3) is 10.9 Å². The maximum atomic E-state index is 13.4. The minimum absolute atomic E-state index is 0.00383. The number of carbonyl (C=O) groups excluding carboxylic acids is 1. The van der Waals surface area contributed by atoms with E-state index in [0.717, 1.165) is 11.3 Å². The number of aromatic nitrogens is 2. The third-order valence-corrected chi connectivity index (χ3v) is 11.6. The van der Waals surface area contributed by atoms with Gasteiger partial charge in [0.15, 0.2) is 14.9 Å². The van der Waals surface area contributed by atoms with E-state index in [1.54, 1.807) is 49.2 Å². The van der Waals surface area contributed by atoms with E-state index in [2.05, 4.69) is 24.9 Å². The van der Waals surface area contributed by atoms with Gasteiger partial charge < -0.3 is 24.7 Å². The largest absolute Gasteiger partial charge is 0.491 e. The zero-order valence-electron chi connectivity index (χ0n) is 25.3. The van der Waals surface area contributed by atoms with Crippen molar-refractivity contribution in [3.05, 3.63) is 84.2 Å². The number of ether oxygens (including phenoxy) is 2. The molecule has 1 aliphatic heterocycles. The van der Waals surface area contributed by atoms with Crippen molar-refractivity contribution in [3.8, 4) is 5.75 Å². The highest BCUT2D eigenvalue weighted by atomic mass is 32.2. The summed E-state index contributed by atoms with van der Waals surface area (Å²) < 4.78 is 63.6. The molecule has 1 atom stereocenters. The van der Waals surface area contributed by atoms with E-state index < -0.39 is 19.9 Å². The summed E-state index contributed by atoms with van der Waals surface area (Å²) in [4.78, 5) is 22.6. The molecule has 0 spiro atoms. The van der Waals surface area contributed by atoms with Crippen LogP contribution in [-0.2, 0) is 30.4 Å². The van der Waals surface area contributed by atoms with E-state index in [1.807, 2.05) is 30.3 Å². The first-order valence-corrected chi connectivity index (χ1v) is 19.1. The highest BCUT2D eigenvalue weighted by Gasteiger charge is 2.25. The number of amides is 1. The summed E-state index contributed by atoms with van der Waals surface area (Å²) in [6.45, 7) is 2.49. The van der Waals surface area contributed by atoms with Crippen LogP contribution in [0.1, 0.15) is 16.1 Å². The lowest BCUT2D eigenvalue weighted by Gasteiger charge is -2.30. The van der Waals surface area contributed by atoms with Gasteiger partial charge in [-0.1, -0.05) is 36.4 Å². The maximum Gasteiger partial charge on any atom is 0.279 e. The monoisotopic (exact) mass is 687 g/mol. The van der Waals surface area contributed by atoms with Gasteiger partial charge in [0, 0.05) is 61.9 Å². The minimum Gasteiger partial charge on any atom is -0.491 e. The van der Waals surface area contributed by atoms with Crippen molar-refractivity contribution in [3.63, 3.8) is 0 Å². The van der Waals surface area contributed by atoms with E-state index in [9.17, 15) is 21.6 Å². The number of H-pyrrole nitrogens is 1. The Morgan fingerprint density at radius 3 is 2.54 bits per heavy atom. The Hall–Kier alpha value is -3.63. The van der Waals surface area contributed by atoms with Gasteiger partial charge in [0.2, 0.25) is 0 Å². The number of thioether (sulfide) groups is 1. The molecule has 1 amide bonds. The van der Waals surface area contributed by atoms with Gasteiger partial charge in [0.25, 0.3) is 15.9 Å². The highest BCUT2D eigenvalue weighted by Crippen LogP contribution is 2.31.